The van der Waals surface area contributed by atoms with Crippen LogP contribution in [0.5, 0.6) is 0 Å². The molecule has 1 aliphatic rings. The van der Waals surface area contributed by atoms with Crippen molar-refractivity contribution in [2.45, 2.75) is 23.5 Å². The number of carbonyl (C=O) groups excluding carboxylic acids is 2. The first kappa shape index (κ1) is 26.6. The summed E-state index contributed by atoms with van der Waals surface area (Å²) in [6.45, 7) is 0.178. The summed E-state index contributed by atoms with van der Waals surface area (Å²) in [4.78, 5) is 27.5. The van der Waals surface area contributed by atoms with Crippen LogP contribution >= 0.6 is 11.6 Å². The zero-order chi connectivity index (χ0) is 26.7. The van der Waals surface area contributed by atoms with Crippen LogP contribution in [0.25, 0.3) is 11.1 Å². The summed E-state index contributed by atoms with van der Waals surface area (Å²) in [7, 11) is -2.04. The number of rotatable bonds is 6. The number of anilines is 2. The van der Waals surface area contributed by atoms with Gasteiger partial charge in [0.25, 0.3) is 0 Å². The molecule has 0 bridgehead atoms. The van der Waals surface area contributed by atoms with E-state index in [0.717, 1.165) is 12.3 Å². The van der Waals surface area contributed by atoms with Gasteiger partial charge < -0.3 is 20.3 Å². The highest BCUT2D eigenvalue weighted by Crippen LogP contribution is 2.30. The lowest BCUT2D eigenvalue weighted by Gasteiger charge is -2.24. The zero-order valence-electron chi connectivity index (χ0n) is 20.1. The zero-order valence-corrected chi connectivity index (χ0v) is 21.6. The molecule has 8 nitrogen and oxygen atoms in total. The molecule has 194 valence electrons. The Labute approximate surface area is 219 Å². The van der Waals surface area contributed by atoms with E-state index in [0.29, 0.717) is 21.8 Å². The molecule has 0 aliphatic carbocycles. The van der Waals surface area contributed by atoms with Gasteiger partial charge >= 0.3 is 6.03 Å². The summed E-state index contributed by atoms with van der Waals surface area (Å²) >= 11 is 5.89. The van der Waals surface area contributed by atoms with Crippen molar-refractivity contribution in [2.24, 2.45) is 0 Å². The van der Waals surface area contributed by atoms with Gasteiger partial charge in [0.1, 0.15) is 11.9 Å². The molecule has 37 heavy (non-hydrogen) atoms. The largest absolute Gasteiger partial charge is 0.380 e. The van der Waals surface area contributed by atoms with E-state index < -0.39 is 33.6 Å². The SMILES string of the molecule is CO[C@@H]1C[C@H](C(=O)Nc2ccc(-c3ccccc3S(C)(=O)=O)cc2F)N(C(=O)Nc2ccc(Cl)cc2)C1. The third kappa shape index (κ3) is 6.10. The predicted octanol–water partition coefficient (Wildman–Crippen LogP) is 4.81. The first-order valence-corrected chi connectivity index (χ1v) is 13.6. The van der Waals surface area contributed by atoms with Crippen LogP contribution in [0.2, 0.25) is 5.02 Å². The number of carbonyl (C=O) groups is 2. The summed E-state index contributed by atoms with van der Waals surface area (Å²) in [6, 6.07) is 15.5. The van der Waals surface area contributed by atoms with Crippen molar-refractivity contribution in [3.05, 3.63) is 77.6 Å². The molecule has 0 saturated carbocycles. The van der Waals surface area contributed by atoms with Crippen LogP contribution in [0.3, 0.4) is 0 Å². The number of ether oxygens (including phenoxy) is 1. The van der Waals surface area contributed by atoms with Gasteiger partial charge in [0.2, 0.25) is 5.91 Å². The van der Waals surface area contributed by atoms with E-state index in [9.17, 15) is 18.0 Å². The van der Waals surface area contributed by atoms with Crippen molar-refractivity contribution < 1.29 is 27.1 Å². The average molecular weight is 546 g/mol. The Bertz CT molecular complexity index is 1430. The fourth-order valence-corrected chi connectivity index (χ4v) is 5.24. The van der Waals surface area contributed by atoms with Crippen LogP contribution in [0.4, 0.5) is 20.6 Å². The van der Waals surface area contributed by atoms with Crippen molar-refractivity contribution in [1.82, 2.24) is 4.90 Å². The van der Waals surface area contributed by atoms with Crippen LogP contribution in [0.15, 0.2) is 71.6 Å². The van der Waals surface area contributed by atoms with Crippen molar-refractivity contribution in [2.75, 3.05) is 30.5 Å². The Morgan fingerprint density at radius 1 is 1.05 bits per heavy atom. The van der Waals surface area contributed by atoms with Crippen molar-refractivity contribution in [3.8, 4) is 11.1 Å². The molecule has 0 unspecified atom stereocenters. The summed E-state index contributed by atoms with van der Waals surface area (Å²) in [6.07, 6.45) is 0.949. The Morgan fingerprint density at radius 2 is 1.76 bits per heavy atom. The molecule has 0 aromatic heterocycles. The van der Waals surface area contributed by atoms with Crippen molar-refractivity contribution in [3.63, 3.8) is 0 Å². The topological polar surface area (TPSA) is 105 Å². The number of sulfone groups is 1. The highest BCUT2D eigenvalue weighted by Gasteiger charge is 2.40. The molecule has 3 aromatic rings. The molecule has 0 radical (unpaired) electrons. The monoisotopic (exact) mass is 545 g/mol. The lowest BCUT2D eigenvalue weighted by Crippen LogP contribution is -2.45. The number of hydrogen-bond acceptors (Lipinski definition) is 5. The smallest absolute Gasteiger partial charge is 0.322 e. The third-order valence-corrected chi connectivity index (χ3v) is 7.49. The Kier molecular flexibility index (Phi) is 7.82. The Balaban J connectivity index is 1.53. The van der Waals surface area contributed by atoms with E-state index in [2.05, 4.69) is 10.6 Å². The summed E-state index contributed by atoms with van der Waals surface area (Å²) in [5, 5.41) is 5.80. The molecule has 1 aliphatic heterocycles. The van der Waals surface area contributed by atoms with Gasteiger partial charge in [0.15, 0.2) is 9.84 Å². The lowest BCUT2D eigenvalue weighted by molar-refractivity contribution is -0.119. The van der Waals surface area contributed by atoms with Gasteiger partial charge in [-0.2, -0.15) is 0 Å². The van der Waals surface area contributed by atoms with Gasteiger partial charge in [-0.15, -0.1) is 0 Å². The molecule has 1 saturated heterocycles. The van der Waals surface area contributed by atoms with E-state index in [-0.39, 0.29) is 29.7 Å². The first-order valence-electron chi connectivity index (χ1n) is 11.3. The van der Waals surface area contributed by atoms with Crippen molar-refractivity contribution >= 4 is 44.8 Å². The van der Waals surface area contributed by atoms with E-state index >= 15 is 4.39 Å². The van der Waals surface area contributed by atoms with Gasteiger partial charge in [-0.1, -0.05) is 35.9 Å². The van der Waals surface area contributed by atoms with Crippen molar-refractivity contribution in [1.29, 1.82) is 0 Å². The normalized spacial score (nSPS) is 17.5. The molecule has 4 rings (SSSR count). The predicted molar refractivity (Wildman–Crippen MR) is 140 cm³/mol. The van der Waals surface area contributed by atoms with E-state index in [1.54, 1.807) is 42.5 Å². The molecule has 0 spiro atoms. The number of nitrogens with one attached hydrogen (secondary N) is 2. The maximum Gasteiger partial charge on any atom is 0.322 e. The number of methoxy groups -OCH3 is 1. The van der Waals surface area contributed by atoms with Crippen LogP contribution in [-0.4, -0.2) is 57.3 Å². The van der Waals surface area contributed by atoms with Gasteiger partial charge in [0.05, 0.1) is 16.7 Å². The maximum absolute atomic E-state index is 15.0. The number of nitrogens with zero attached hydrogens (tertiary/aromatic N) is 1. The Hall–Kier alpha value is -3.47. The standard InChI is InChI=1S/C26H25ClFN3O5S/c1-36-19-14-23(31(15-19)26(33)29-18-10-8-17(27)9-11-18)25(32)30-22-12-7-16(13-21(22)28)20-5-3-4-6-24(20)37(2,34)35/h3-13,19,23H,14-15H2,1-2H3,(H,29,33)(H,30,32)/t19-,23-/m1/s1. The summed E-state index contributed by atoms with van der Waals surface area (Å²) < 4.78 is 44.7. The number of hydrogen-bond donors (Lipinski definition) is 2. The number of halogens is 2. The average Bonchev–Trinajstić information content (AvgIpc) is 3.31. The highest BCUT2D eigenvalue weighted by atomic mass is 35.5. The molecule has 3 aromatic carbocycles. The van der Waals surface area contributed by atoms with Crippen LogP contribution < -0.4 is 10.6 Å². The minimum Gasteiger partial charge on any atom is -0.380 e. The van der Waals surface area contributed by atoms with Gasteiger partial charge in [-0.3, -0.25) is 4.79 Å². The van der Waals surface area contributed by atoms with Crippen LogP contribution in [0.1, 0.15) is 6.42 Å². The second kappa shape index (κ2) is 10.9. The van der Waals surface area contributed by atoms with Crippen LogP contribution in [-0.2, 0) is 19.4 Å². The number of amides is 3. The third-order valence-electron chi connectivity index (χ3n) is 6.08. The molecule has 2 atom stereocenters. The van der Waals surface area contributed by atoms with Gasteiger partial charge in [0, 0.05) is 42.6 Å². The summed E-state index contributed by atoms with van der Waals surface area (Å²) in [5.41, 5.74) is 1.11. The molecular formula is C26H25ClFN3O5S. The lowest BCUT2D eigenvalue weighted by atomic mass is 10.0. The highest BCUT2D eigenvalue weighted by molar-refractivity contribution is 7.90. The van der Waals surface area contributed by atoms with Gasteiger partial charge in [-0.05, 0) is 48.0 Å². The quantitative estimate of drug-likeness (QED) is 0.462. The molecule has 1 heterocycles. The van der Waals surface area contributed by atoms with E-state index in [1.165, 1.54) is 30.2 Å². The molecule has 11 heteroatoms. The van der Waals surface area contributed by atoms with E-state index in [4.69, 9.17) is 16.3 Å². The second-order valence-corrected chi connectivity index (χ2v) is 11.1. The fourth-order valence-electron chi connectivity index (χ4n) is 4.20. The fraction of sp³-hybridized carbons (Fsp3) is 0.231. The van der Waals surface area contributed by atoms with E-state index in [1.807, 2.05) is 0 Å². The summed E-state index contributed by atoms with van der Waals surface area (Å²) in [5.74, 6) is -1.32. The molecule has 3 amide bonds. The first-order chi connectivity index (χ1) is 17.6. The molecular weight excluding hydrogens is 521 g/mol. The Morgan fingerprint density at radius 3 is 2.41 bits per heavy atom. The second-order valence-electron chi connectivity index (χ2n) is 8.65. The van der Waals surface area contributed by atoms with Gasteiger partial charge in [-0.25, -0.2) is 17.6 Å². The minimum absolute atomic E-state index is 0.0742. The number of benzene rings is 3. The van der Waals surface area contributed by atoms with Crippen LogP contribution in [0, 0.1) is 5.82 Å². The maximum atomic E-state index is 15.0. The minimum atomic E-state index is -3.54. The molecule has 1 fully saturated rings. The molecule has 2 N–H and O–H groups in total. The number of likely N-dealkylation sites (tertiary alicyclic amines) is 1. The number of urea groups is 1.